The van der Waals surface area contributed by atoms with Gasteiger partial charge in [-0.2, -0.15) is 0 Å². The summed E-state index contributed by atoms with van der Waals surface area (Å²) in [5.41, 5.74) is 6.55. The van der Waals surface area contributed by atoms with Crippen LogP contribution in [-0.4, -0.2) is 6.54 Å². The number of hydrogen-bond donors (Lipinski definition) is 1. The number of nitrogens with two attached hydrogens (primary N) is 1. The molecule has 1 nitrogen and oxygen atoms in total. The third-order valence-corrected chi connectivity index (χ3v) is 4.08. The average Bonchev–Trinajstić information content (AvgIpc) is 1.85. The van der Waals surface area contributed by atoms with Crippen LogP contribution in [0, 0.1) is 16.2 Å². The molecule has 0 aliphatic carbocycles. The highest BCUT2D eigenvalue weighted by molar-refractivity contribution is 4.94. The van der Waals surface area contributed by atoms with E-state index < -0.39 is 0 Å². The molecule has 0 rings (SSSR count). The van der Waals surface area contributed by atoms with Crippen LogP contribution >= 0.6 is 0 Å². The first-order chi connectivity index (χ1) is 5.06. The van der Waals surface area contributed by atoms with E-state index in [9.17, 15) is 0 Å². The van der Waals surface area contributed by atoms with E-state index in [4.69, 9.17) is 5.73 Å². The van der Waals surface area contributed by atoms with Gasteiger partial charge in [-0.25, -0.2) is 0 Å². The Morgan fingerprint density at radius 2 is 1.17 bits per heavy atom. The molecule has 0 aromatic heterocycles. The second-order valence-electron chi connectivity index (χ2n) is 5.96. The lowest BCUT2D eigenvalue weighted by atomic mass is 9.55. The number of rotatable bonds is 2. The lowest BCUT2D eigenvalue weighted by Crippen LogP contribution is -2.46. The summed E-state index contributed by atoms with van der Waals surface area (Å²) in [5.74, 6) is 0. The predicted octanol–water partition coefficient (Wildman–Crippen LogP) is 3.04. The average molecular weight is 171 g/mol. The summed E-state index contributed by atoms with van der Waals surface area (Å²) in [5, 5.41) is 0. The van der Waals surface area contributed by atoms with Gasteiger partial charge < -0.3 is 5.73 Å². The molecule has 0 heterocycles. The lowest BCUT2D eigenvalue weighted by molar-refractivity contribution is -0.00106. The van der Waals surface area contributed by atoms with Crippen molar-refractivity contribution >= 4 is 0 Å². The minimum Gasteiger partial charge on any atom is -0.330 e. The van der Waals surface area contributed by atoms with Gasteiger partial charge in [0, 0.05) is 0 Å². The Kier molecular flexibility index (Phi) is 3.01. The van der Waals surface area contributed by atoms with E-state index in [0.717, 1.165) is 6.54 Å². The van der Waals surface area contributed by atoms with Crippen molar-refractivity contribution in [2.45, 2.75) is 48.5 Å². The fourth-order valence-corrected chi connectivity index (χ4v) is 1.27. The summed E-state index contributed by atoms with van der Waals surface area (Å²) < 4.78 is 0. The summed E-state index contributed by atoms with van der Waals surface area (Å²) in [4.78, 5) is 0. The molecule has 0 atom stereocenters. The Bertz CT molecular complexity index is 149. The molecule has 0 saturated heterocycles. The van der Waals surface area contributed by atoms with Crippen molar-refractivity contribution in [3.05, 3.63) is 0 Å². The van der Waals surface area contributed by atoms with Crippen LogP contribution in [0.1, 0.15) is 48.5 Å². The SMILES string of the molecule is CC(C)(C)C(C)(C)C(C)(C)CN. The molecule has 0 spiro atoms. The second kappa shape index (κ2) is 3.02. The lowest BCUT2D eigenvalue weighted by Gasteiger charge is -2.50. The minimum absolute atomic E-state index is 0.200. The Labute approximate surface area is 77.7 Å². The first-order valence-electron chi connectivity index (χ1n) is 4.76. The van der Waals surface area contributed by atoms with Gasteiger partial charge in [-0.15, -0.1) is 0 Å². The topological polar surface area (TPSA) is 26.0 Å². The zero-order valence-corrected chi connectivity index (χ0v) is 9.78. The van der Waals surface area contributed by atoms with E-state index in [0.29, 0.717) is 5.41 Å². The van der Waals surface area contributed by atoms with Gasteiger partial charge in [0.25, 0.3) is 0 Å². The van der Waals surface area contributed by atoms with Crippen LogP contribution in [0.5, 0.6) is 0 Å². The molecule has 1 heteroatoms. The molecule has 12 heavy (non-hydrogen) atoms. The molecule has 0 aromatic rings. The fourth-order valence-electron chi connectivity index (χ4n) is 1.27. The van der Waals surface area contributed by atoms with Crippen molar-refractivity contribution in [1.29, 1.82) is 0 Å². The molecule has 74 valence electrons. The van der Waals surface area contributed by atoms with Gasteiger partial charge in [0.1, 0.15) is 0 Å². The van der Waals surface area contributed by atoms with Gasteiger partial charge in [-0.3, -0.25) is 0 Å². The highest BCUT2D eigenvalue weighted by atomic mass is 14.6. The van der Waals surface area contributed by atoms with Crippen molar-refractivity contribution in [2.24, 2.45) is 22.0 Å². The second-order valence-corrected chi connectivity index (χ2v) is 5.96. The Balaban J connectivity index is 4.85. The van der Waals surface area contributed by atoms with Gasteiger partial charge in [-0.1, -0.05) is 48.5 Å². The minimum atomic E-state index is 0.200. The van der Waals surface area contributed by atoms with Crippen LogP contribution < -0.4 is 5.73 Å². The van der Waals surface area contributed by atoms with Crippen LogP contribution in [0.15, 0.2) is 0 Å². The van der Waals surface area contributed by atoms with E-state index in [1.807, 2.05) is 0 Å². The van der Waals surface area contributed by atoms with Crippen molar-refractivity contribution in [3.8, 4) is 0 Å². The first kappa shape index (κ1) is 12.0. The highest BCUT2D eigenvalue weighted by Crippen LogP contribution is 2.50. The van der Waals surface area contributed by atoms with Crippen LogP contribution in [0.25, 0.3) is 0 Å². The molecule has 0 unspecified atom stereocenters. The normalized spacial score (nSPS) is 15.0. The van der Waals surface area contributed by atoms with E-state index in [2.05, 4.69) is 48.5 Å². The molecule has 0 aliphatic rings. The van der Waals surface area contributed by atoms with Gasteiger partial charge in [0.05, 0.1) is 0 Å². The summed E-state index contributed by atoms with van der Waals surface area (Å²) in [6.07, 6.45) is 0. The van der Waals surface area contributed by atoms with Crippen molar-refractivity contribution in [1.82, 2.24) is 0 Å². The van der Waals surface area contributed by atoms with Crippen molar-refractivity contribution in [3.63, 3.8) is 0 Å². The molecule has 2 N–H and O–H groups in total. The van der Waals surface area contributed by atoms with Gasteiger partial charge >= 0.3 is 0 Å². The maximum Gasteiger partial charge on any atom is -0.00205 e. The van der Waals surface area contributed by atoms with E-state index in [-0.39, 0.29) is 10.8 Å². The van der Waals surface area contributed by atoms with Crippen molar-refractivity contribution in [2.75, 3.05) is 6.54 Å². The number of hydrogen-bond acceptors (Lipinski definition) is 1. The van der Waals surface area contributed by atoms with E-state index >= 15 is 0 Å². The predicted molar refractivity (Wildman–Crippen MR) is 56.1 cm³/mol. The summed E-state index contributed by atoms with van der Waals surface area (Å²) >= 11 is 0. The monoisotopic (exact) mass is 171 g/mol. The zero-order valence-electron chi connectivity index (χ0n) is 9.78. The standard InChI is InChI=1S/C11H25N/c1-9(2,3)11(6,7)10(4,5)8-12/h8,12H2,1-7H3. The molecule has 0 bridgehead atoms. The van der Waals surface area contributed by atoms with Gasteiger partial charge in [0.15, 0.2) is 0 Å². The van der Waals surface area contributed by atoms with Crippen LogP contribution in [-0.2, 0) is 0 Å². The molecule has 0 radical (unpaired) electrons. The third kappa shape index (κ3) is 1.82. The highest BCUT2D eigenvalue weighted by Gasteiger charge is 2.44. The van der Waals surface area contributed by atoms with E-state index in [1.54, 1.807) is 0 Å². The summed E-state index contributed by atoms with van der Waals surface area (Å²) in [6, 6.07) is 0. The van der Waals surface area contributed by atoms with E-state index in [1.165, 1.54) is 0 Å². The maximum atomic E-state index is 5.79. The quantitative estimate of drug-likeness (QED) is 0.679. The summed E-state index contributed by atoms with van der Waals surface area (Å²) in [7, 11) is 0. The van der Waals surface area contributed by atoms with Crippen LogP contribution in [0.3, 0.4) is 0 Å². The fraction of sp³-hybridized carbons (Fsp3) is 1.00. The van der Waals surface area contributed by atoms with Crippen molar-refractivity contribution < 1.29 is 0 Å². The Morgan fingerprint density at radius 1 is 0.833 bits per heavy atom. The molecule has 0 aromatic carbocycles. The molecule has 0 aliphatic heterocycles. The molecule has 0 fully saturated rings. The largest absolute Gasteiger partial charge is 0.330 e. The van der Waals surface area contributed by atoms with Gasteiger partial charge in [0.2, 0.25) is 0 Å². The van der Waals surface area contributed by atoms with Crippen LogP contribution in [0.2, 0.25) is 0 Å². The first-order valence-corrected chi connectivity index (χ1v) is 4.76. The zero-order chi connectivity index (χ0) is 10.2. The third-order valence-electron chi connectivity index (χ3n) is 4.08. The molecule has 0 amide bonds. The maximum absolute atomic E-state index is 5.79. The Hall–Kier alpha value is -0.0400. The molecule has 0 saturated carbocycles. The molecular formula is C11H25N. The Morgan fingerprint density at radius 3 is 1.25 bits per heavy atom. The molecular weight excluding hydrogens is 146 g/mol. The van der Waals surface area contributed by atoms with Gasteiger partial charge in [-0.05, 0) is 22.8 Å². The van der Waals surface area contributed by atoms with Crippen LogP contribution in [0.4, 0.5) is 0 Å². The summed E-state index contributed by atoms with van der Waals surface area (Å²) in [6.45, 7) is 16.7. The smallest absolute Gasteiger partial charge is 0.00205 e.